The zero-order chi connectivity index (χ0) is 21.3. The molecular weight excluding hydrogens is 382 g/mol. The normalized spacial score (nSPS) is 17.3. The Kier molecular flexibility index (Phi) is 5.41. The maximum absolute atomic E-state index is 12.7. The van der Waals surface area contributed by atoms with Crippen molar-refractivity contribution in [3.8, 4) is 17.2 Å². The molecule has 1 saturated heterocycles. The molecule has 2 aromatic rings. The number of carbonyl (C=O) groups excluding carboxylic acids is 2. The molecule has 30 heavy (non-hydrogen) atoms. The van der Waals surface area contributed by atoms with Gasteiger partial charge in [-0.3, -0.25) is 9.59 Å². The molecule has 0 aromatic heterocycles. The number of amides is 1. The molecule has 0 atom stereocenters. The van der Waals surface area contributed by atoms with Gasteiger partial charge in [0.1, 0.15) is 22.8 Å². The number of fused-ring (bicyclic) bond motifs is 1. The zero-order valence-corrected chi connectivity index (χ0v) is 17.7. The minimum Gasteiger partial charge on any atom is -0.497 e. The number of hydrogen-bond donors (Lipinski definition) is 0. The number of hydrogen-bond acceptors (Lipinski definition) is 5. The van der Waals surface area contributed by atoms with Gasteiger partial charge in [-0.2, -0.15) is 0 Å². The molecule has 0 saturated carbocycles. The molecule has 0 unspecified atom stereocenters. The summed E-state index contributed by atoms with van der Waals surface area (Å²) in [5, 5.41) is 0. The number of carbonyl (C=O) groups is 2. The van der Waals surface area contributed by atoms with E-state index in [1.54, 1.807) is 30.2 Å². The van der Waals surface area contributed by atoms with Crippen LogP contribution < -0.4 is 14.2 Å². The molecule has 1 fully saturated rings. The topological polar surface area (TPSA) is 65.1 Å². The van der Waals surface area contributed by atoms with Gasteiger partial charge >= 0.3 is 0 Å². The fraction of sp³-hybridized carbons (Fsp3) is 0.417. The van der Waals surface area contributed by atoms with Gasteiger partial charge in [0.05, 0.1) is 19.1 Å². The van der Waals surface area contributed by atoms with E-state index in [0.717, 1.165) is 16.9 Å². The van der Waals surface area contributed by atoms with Gasteiger partial charge in [-0.05, 0) is 43.2 Å². The predicted molar refractivity (Wildman–Crippen MR) is 113 cm³/mol. The highest BCUT2D eigenvalue weighted by Gasteiger charge is 2.43. The van der Waals surface area contributed by atoms with Crippen molar-refractivity contribution in [2.75, 3.05) is 26.8 Å². The lowest BCUT2D eigenvalue weighted by Crippen LogP contribution is -2.53. The quantitative estimate of drug-likeness (QED) is 0.770. The fourth-order valence-corrected chi connectivity index (χ4v) is 4.16. The van der Waals surface area contributed by atoms with Crippen LogP contribution in [0.1, 0.15) is 40.7 Å². The van der Waals surface area contributed by atoms with E-state index < -0.39 is 5.60 Å². The van der Waals surface area contributed by atoms with E-state index in [9.17, 15) is 9.59 Å². The first-order valence-corrected chi connectivity index (χ1v) is 10.3. The average Bonchev–Trinajstić information content (AvgIpc) is 2.74. The second-order valence-electron chi connectivity index (χ2n) is 8.11. The highest BCUT2D eigenvalue weighted by atomic mass is 16.5. The minimum atomic E-state index is -0.554. The smallest absolute Gasteiger partial charge is 0.260 e. The number of rotatable bonds is 4. The van der Waals surface area contributed by atoms with Crippen molar-refractivity contribution >= 4 is 11.7 Å². The molecule has 1 amide bonds. The molecule has 0 N–H and O–H groups in total. The fourth-order valence-electron chi connectivity index (χ4n) is 4.16. The summed E-state index contributed by atoms with van der Waals surface area (Å²) >= 11 is 0. The zero-order valence-electron chi connectivity index (χ0n) is 17.7. The van der Waals surface area contributed by atoms with Gasteiger partial charge in [0.25, 0.3) is 5.91 Å². The van der Waals surface area contributed by atoms with Crippen LogP contribution in [0.5, 0.6) is 17.2 Å². The number of methoxy groups -OCH3 is 1. The summed E-state index contributed by atoms with van der Waals surface area (Å²) in [7, 11) is 1.59. The minimum absolute atomic E-state index is 0.0110. The Morgan fingerprint density at radius 1 is 1.17 bits per heavy atom. The molecular formula is C24H27NO5. The van der Waals surface area contributed by atoms with Crippen molar-refractivity contribution in [1.82, 2.24) is 4.90 Å². The van der Waals surface area contributed by atoms with Crippen molar-refractivity contribution in [3.63, 3.8) is 0 Å². The van der Waals surface area contributed by atoms with Crippen LogP contribution in [0.15, 0.2) is 36.4 Å². The Morgan fingerprint density at radius 3 is 2.67 bits per heavy atom. The largest absolute Gasteiger partial charge is 0.497 e. The first-order valence-electron chi connectivity index (χ1n) is 10.3. The molecule has 4 rings (SSSR count). The first-order chi connectivity index (χ1) is 14.4. The second-order valence-corrected chi connectivity index (χ2v) is 8.11. The van der Waals surface area contributed by atoms with Crippen LogP contribution in [-0.2, 0) is 4.79 Å². The van der Waals surface area contributed by atoms with Crippen LogP contribution in [0.25, 0.3) is 0 Å². The second kappa shape index (κ2) is 8.01. The third kappa shape index (κ3) is 3.86. The molecule has 6 nitrogen and oxygen atoms in total. The van der Waals surface area contributed by atoms with Gasteiger partial charge in [0.15, 0.2) is 12.4 Å². The van der Waals surface area contributed by atoms with Crippen LogP contribution in [0.2, 0.25) is 0 Å². The van der Waals surface area contributed by atoms with Crippen LogP contribution in [0, 0.1) is 13.8 Å². The number of Topliss-reactive ketones (excluding diaryl/α,β-unsaturated/α-hetero) is 1. The Balaban J connectivity index is 1.38. The Morgan fingerprint density at radius 2 is 1.93 bits per heavy atom. The van der Waals surface area contributed by atoms with Gasteiger partial charge in [0.2, 0.25) is 0 Å². The number of ether oxygens (including phenoxy) is 3. The van der Waals surface area contributed by atoms with E-state index in [0.29, 0.717) is 49.4 Å². The highest BCUT2D eigenvalue weighted by Crippen LogP contribution is 2.40. The summed E-state index contributed by atoms with van der Waals surface area (Å²) in [6, 6.07) is 11.1. The van der Waals surface area contributed by atoms with Crippen LogP contribution >= 0.6 is 0 Å². The molecule has 2 aromatic carbocycles. The number of piperidine rings is 1. The number of ketones is 1. The van der Waals surface area contributed by atoms with Gasteiger partial charge in [-0.15, -0.1) is 0 Å². The highest BCUT2D eigenvalue weighted by molar-refractivity contribution is 6.00. The van der Waals surface area contributed by atoms with E-state index >= 15 is 0 Å². The van der Waals surface area contributed by atoms with Crippen molar-refractivity contribution in [2.24, 2.45) is 0 Å². The molecule has 2 aliphatic heterocycles. The summed E-state index contributed by atoms with van der Waals surface area (Å²) in [5.74, 6) is 2.01. The lowest BCUT2D eigenvalue weighted by molar-refractivity contribution is -0.136. The summed E-state index contributed by atoms with van der Waals surface area (Å²) in [6.45, 7) is 5.11. The summed E-state index contributed by atoms with van der Waals surface area (Å²) in [4.78, 5) is 27.1. The molecule has 2 aliphatic rings. The van der Waals surface area contributed by atoms with Crippen LogP contribution in [-0.4, -0.2) is 49.0 Å². The Bertz CT molecular complexity index is 976. The molecule has 1 spiro atoms. The van der Waals surface area contributed by atoms with Crippen molar-refractivity contribution in [2.45, 2.75) is 38.7 Å². The number of benzene rings is 2. The van der Waals surface area contributed by atoms with Gasteiger partial charge in [-0.25, -0.2) is 0 Å². The SMILES string of the molecule is COc1ccc2c(c1)OC1(CCN(C(=O)COc3cccc(C)c3C)CC1)CC2=O. The van der Waals surface area contributed by atoms with E-state index in [-0.39, 0.29) is 18.3 Å². The maximum Gasteiger partial charge on any atom is 0.260 e. The molecule has 2 heterocycles. The lowest BCUT2D eigenvalue weighted by Gasteiger charge is -2.43. The Labute approximate surface area is 176 Å². The van der Waals surface area contributed by atoms with Gasteiger partial charge < -0.3 is 19.1 Å². The molecule has 158 valence electrons. The summed E-state index contributed by atoms with van der Waals surface area (Å²) < 4.78 is 17.3. The van der Waals surface area contributed by atoms with Crippen LogP contribution in [0.3, 0.4) is 0 Å². The predicted octanol–water partition coefficient (Wildman–Crippen LogP) is 3.72. The Hall–Kier alpha value is -3.02. The summed E-state index contributed by atoms with van der Waals surface area (Å²) in [6.07, 6.45) is 1.57. The van der Waals surface area contributed by atoms with Crippen LogP contribution in [0.4, 0.5) is 0 Å². The van der Waals surface area contributed by atoms with Crippen molar-refractivity contribution in [3.05, 3.63) is 53.1 Å². The van der Waals surface area contributed by atoms with Crippen molar-refractivity contribution < 1.29 is 23.8 Å². The molecule has 6 heteroatoms. The van der Waals surface area contributed by atoms with E-state index in [4.69, 9.17) is 14.2 Å². The summed E-state index contributed by atoms with van der Waals surface area (Å²) in [5.41, 5.74) is 2.23. The lowest BCUT2D eigenvalue weighted by atomic mass is 9.82. The van der Waals surface area contributed by atoms with Gasteiger partial charge in [0, 0.05) is 32.0 Å². The van der Waals surface area contributed by atoms with E-state index in [1.165, 1.54) is 0 Å². The maximum atomic E-state index is 12.7. The third-order valence-electron chi connectivity index (χ3n) is 6.23. The monoisotopic (exact) mass is 409 g/mol. The molecule has 0 aliphatic carbocycles. The third-order valence-corrected chi connectivity index (χ3v) is 6.23. The first kappa shape index (κ1) is 20.3. The number of likely N-dealkylation sites (tertiary alicyclic amines) is 1. The van der Waals surface area contributed by atoms with E-state index in [2.05, 4.69) is 0 Å². The standard InChI is InChI=1S/C24H27NO5/c1-16-5-4-6-21(17(16)2)29-15-23(27)25-11-9-24(10-12-25)14-20(26)19-8-7-18(28-3)13-22(19)30-24/h4-8,13H,9-12,14-15H2,1-3H3. The molecule has 0 bridgehead atoms. The van der Waals surface area contributed by atoms with Gasteiger partial charge in [-0.1, -0.05) is 12.1 Å². The number of nitrogens with zero attached hydrogens (tertiary/aromatic N) is 1. The average molecular weight is 409 g/mol. The van der Waals surface area contributed by atoms with E-state index in [1.807, 2.05) is 32.0 Å². The van der Waals surface area contributed by atoms with Crippen molar-refractivity contribution in [1.29, 1.82) is 0 Å². The molecule has 0 radical (unpaired) electrons. The number of aryl methyl sites for hydroxylation is 1.